The number of hydrogen-bond acceptors (Lipinski definition) is 3. The standard InChI is InChI=1S/C20H26BrNO3/c1-13(2)18(22-19(23)25-20(3,4)5)12-24-17-9-7-14-10-16(21)8-6-15(14)11-17/h6-11,13,18H,12H2,1-5H3,(H,22,23)/t18-/m1/s1. The van der Waals surface area contributed by atoms with Gasteiger partial charge in [-0.15, -0.1) is 0 Å². The fraction of sp³-hybridized carbons (Fsp3) is 0.450. The molecular formula is C20H26BrNO3. The lowest BCUT2D eigenvalue weighted by molar-refractivity contribution is 0.0469. The van der Waals surface area contributed by atoms with Gasteiger partial charge < -0.3 is 14.8 Å². The highest BCUT2D eigenvalue weighted by Crippen LogP contribution is 2.24. The Morgan fingerprint density at radius 3 is 2.40 bits per heavy atom. The smallest absolute Gasteiger partial charge is 0.407 e. The molecule has 0 aromatic heterocycles. The van der Waals surface area contributed by atoms with Crippen molar-refractivity contribution in [1.82, 2.24) is 5.32 Å². The number of carbonyl (C=O) groups excluding carboxylic acids is 1. The van der Waals surface area contributed by atoms with Crippen molar-refractivity contribution >= 4 is 32.8 Å². The Kier molecular flexibility index (Phi) is 6.33. The summed E-state index contributed by atoms with van der Waals surface area (Å²) >= 11 is 3.48. The van der Waals surface area contributed by atoms with Crippen LogP contribution in [0.4, 0.5) is 4.79 Å². The van der Waals surface area contributed by atoms with E-state index in [1.54, 1.807) is 0 Å². The zero-order valence-electron chi connectivity index (χ0n) is 15.4. The molecule has 0 unspecified atom stereocenters. The summed E-state index contributed by atoms with van der Waals surface area (Å²) in [7, 11) is 0. The topological polar surface area (TPSA) is 47.6 Å². The van der Waals surface area contributed by atoms with E-state index in [4.69, 9.17) is 9.47 Å². The summed E-state index contributed by atoms with van der Waals surface area (Å²) in [6.45, 7) is 10.0. The molecule has 0 saturated heterocycles. The summed E-state index contributed by atoms with van der Waals surface area (Å²) in [5.41, 5.74) is -0.515. The predicted molar refractivity (Wildman–Crippen MR) is 105 cm³/mol. The molecule has 0 spiro atoms. The van der Waals surface area contributed by atoms with Gasteiger partial charge in [-0.3, -0.25) is 0 Å². The Labute approximate surface area is 158 Å². The Morgan fingerprint density at radius 2 is 1.76 bits per heavy atom. The summed E-state index contributed by atoms with van der Waals surface area (Å²) in [4.78, 5) is 12.0. The molecule has 25 heavy (non-hydrogen) atoms. The van der Waals surface area contributed by atoms with Gasteiger partial charge in [-0.2, -0.15) is 0 Å². The number of hydrogen-bond donors (Lipinski definition) is 1. The molecule has 4 nitrogen and oxygen atoms in total. The van der Waals surface area contributed by atoms with Crippen LogP contribution in [0.5, 0.6) is 5.75 Å². The van der Waals surface area contributed by atoms with E-state index in [0.717, 1.165) is 21.0 Å². The summed E-state index contributed by atoms with van der Waals surface area (Å²) < 4.78 is 12.3. The van der Waals surface area contributed by atoms with Crippen molar-refractivity contribution in [2.45, 2.75) is 46.3 Å². The van der Waals surface area contributed by atoms with Crippen LogP contribution < -0.4 is 10.1 Å². The van der Waals surface area contributed by atoms with Crippen molar-refractivity contribution < 1.29 is 14.3 Å². The van der Waals surface area contributed by atoms with Gasteiger partial charge in [0.2, 0.25) is 0 Å². The third-order valence-corrected chi connectivity index (χ3v) is 4.20. The summed E-state index contributed by atoms with van der Waals surface area (Å²) in [6, 6.07) is 12.0. The summed E-state index contributed by atoms with van der Waals surface area (Å²) in [6.07, 6.45) is -0.418. The van der Waals surface area contributed by atoms with Crippen LogP contribution in [0.1, 0.15) is 34.6 Å². The number of nitrogens with one attached hydrogen (secondary N) is 1. The number of alkyl carbamates (subject to hydrolysis) is 1. The van der Waals surface area contributed by atoms with E-state index >= 15 is 0 Å². The van der Waals surface area contributed by atoms with Crippen molar-refractivity contribution in [3.8, 4) is 5.75 Å². The van der Waals surface area contributed by atoms with Crippen LogP contribution in [0.25, 0.3) is 10.8 Å². The molecule has 0 aliphatic heterocycles. The second-order valence-corrected chi connectivity index (χ2v) is 8.38. The minimum Gasteiger partial charge on any atom is -0.491 e. The molecule has 1 N–H and O–H groups in total. The minimum absolute atomic E-state index is 0.129. The maximum absolute atomic E-state index is 12.0. The van der Waals surface area contributed by atoms with Crippen LogP contribution in [0.2, 0.25) is 0 Å². The molecule has 5 heteroatoms. The molecule has 0 aliphatic carbocycles. The number of ether oxygens (including phenoxy) is 2. The lowest BCUT2D eigenvalue weighted by Crippen LogP contribution is -2.45. The van der Waals surface area contributed by atoms with Gasteiger partial charge in [-0.25, -0.2) is 4.79 Å². The first-order valence-electron chi connectivity index (χ1n) is 8.46. The van der Waals surface area contributed by atoms with Crippen LogP contribution in [-0.4, -0.2) is 24.3 Å². The normalized spacial score (nSPS) is 12.9. The third kappa shape index (κ3) is 6.24. The van der Waals surface area contributed by atoms with Crippen LogP contribution in [-0.2, 0) is 4.74 Å². The SMILES string of the molecule is CC(C)[C@@H](COc1ccc2cc(Br)ccc2c1)NC(=O)OC(C)(C)C. The zero-order valence-corrected chi connectivity index (χ0v) is 17.0. The maximum atomic E-state index is 12.0. The molecule has 2 aromatic rings. The lowest BCUT2D eigenvalue weighted by atomic mass is 10.1. The molecule has 1 amide bonds. The molecule has 0 saturated carbocycles. The lowest BCUT2D eigenvalue weighted by Gasteiger charge is -2.25. The molecule has 0 bridgehead atoms. The Hall–Kier alpha value is -1.75. The molecule has 1 atom stereocenters. The van der Waals surface area contributed by atoms with Crippen LogP contribution in [0.15, 0.2) is 40.9 Å². The quantitative estimate of drug-likeness (QED) is 0.708. The van der Waals surface area contributed by atoms with E-state index in [2.05, 4.69) is 27.3 Å². The van der Waals surface area contributed by atoms with Gasteiger partial charge in [0.1, 0.15) is 18.0 Å². The van der Waals surface area contributed by atoms with Crippen molar-refractivity contribution in [1.29, 1.82) is 0 Å². The van der Waals surface area contributed by atoms with E-state index in [1.807, 2.05) is 65.0 Å². The maximum Gasteiger partial charge on any atom is 0.407 e. The van der Waals surface area contributed by atoms with Gasteiger partial charge in [-0.1, -0.05) is 41.9 Å². The summed E-state index contributed by atoms with van der Waals surface area (Å²) in [5.74, 6) is 1.01. The monoisotopic (exact) mass is 407 g/mol. The number of halogens is 1. The molecule has 0 aliphatic rings. The number of benzene rings is 2. The first-order chi connectivity index (χ1) is 11.6. The Bertz CT molecular complexity index is 737. The average molecular weight is 408 g/mol. The largest absolute Gasteiger partial charge is 0.491 e. The van der Waals surface area contributed by atoms with Gasteiger partial charge >= 0.3 is 6.09 Å². The first-order valence-corrected chi connectivity index (χ1v) is 9.25. The van der Waals surface area contributed by atoms with Crippen molar-refractivity contribution in [3.63, 3.8) is 0 Å². The number of fused-ring (bicyclic) bond motifs is 1. The fourth-order valence-corrected chi connectivity index (χ4v) is 2.71. The highest BCUT2D eigenvalue weighted by molar-refractivity contribution is 9.10. The van der Waals surface area contributed by atoms with E-state index < -0.39 is 11.7 Å². The van der Waals surface area contributed by atoms with Gasteiger partial charge in [0.15, 0.2) is 0 Å². The van der Waals surface area contributed by atoms with E-state index in [1.165, 1.54) is 0 Å². The second kappa shape index (κ2) is 8.09. The van der Waals surface area contributed by atoms with Gasteiger partial charge in [0.05, 0.1) is 6.04 Å². The van der Waals surface area contributed by atoms with E-state index in [-0.39, 0.29) is 12.0 Å². The average Bonchev–Trinajstić information content (AvgIpc) is 2.49. The molecule has 2 rings (SSSR count). The molecule has 0 radical (unpaired) electrons. The van der Waals surface area contributed by atoms with E-state index in [0.29, 0.717) is 6.61 Å². The minimum atomic E-state index is -0.515. The Morgan fingerprint density at radius 1 is 1.12 bits per heavy atom. The second-order valence-electron chi connectivity index (χ2n) is 7.46. The Balaban J connectivity index is 2.01. The van der Waals surface area contributed by atoms with Crippen molar-refractivity contribution in [2.75, 3.05) is 6.61 Å². The van der Waals surface area contributed by atoms with Crippen LogP contribution in [0, 0.1) is 5.92 Å². The molecule has 0 heterocycles. The molecule has 0 fully saturated rings. The van der Waals surface area contributed by atoms with Gasteiger partial charge in [0.25, 0.3) is 0 Å². The van der Waals surface area contributed by atoms with Crippen LogP contribution >= 0.6 is 15.9 Å². The first kappa shape index (κ1) is 19.6. The van der Waals surface area contributed by atoms with Gasteiger partial charge in [-0.05, 0) is 61.7 Å². The number of amides is 1. The highest BCUT2D eigenvalue weighted by atomic mass is 79.9. The van der Waals surface area contributed by atoms with Crippen molar-refractivity contribution in [2.24, 2.45) is 5.92 Å². The van der Waals surface area contributed by atoms with Crippen molar-refractivity contribution in [3.05, 3.63) is 40.9 Å². The highest BCUT2D eigenvalue weighted by Gasteiger charge is 2.22. The summed E-state index contributed by atoms with van der Waals surface area (Å²) in [5, 5.41) is 5.16. The number of carbonyl (C=O) groups is 1. The predicted octanol–water partition coefficient (Wildman–Crippen LogP) is 5.53. The van der Waals surface area contributed by atoms with Gasteiger partial charge in [0, 0.05) is 4.47 Å². The van der Waals surface area contributed by atoms with Crippen LogP contribution in [0.3, 0.4) is 0 Å². The van der Waals surface area contributed by atoms with E-state index in [9.17, 15) is 4.79 Å². The third-order valence-electron chi connectivity index (χ3n) is 3.71. The molecule has 2 aromatic carbocycles. The molecular weight excluding hydrogens is 382 g/mol. The zero-order chi connectivity index (χ0) is 18.6. The molecule has 136 valence electrons. The fourth-order valence-electron chi connectivity index (χ4n) is 2.33. The number of rotatable bonds is 5.